The minimum Gasteiger partial charge on any atom is -0.426 e. The number of thioether (sulfide) groups is 2. The van der Waals surface area contributed by atoms with Gasteiger partial charge in [0.2, 0.25) is 0 Å². The number of fused-ring (bicyclic) bond motifs is 6. The van der Waals surface area contributed by atoms with E-state index in [4.69, 9.17) is 9.47 Å². The van der Waals surface area contributed by atoms with Crippen LogP contribution in [0.5, 0.6) is 5.75 Å². The van der Waals surface area contributed by atoms with Gasteiger partial charge in [-0.15, -0.1) is 23.5 Å². The smallest absolute Gasteiger partial charge is 0.320 e. The number of hydrogen-bond donors (Lipinski definition) is 0. The fourth-order valence-electron chi connectivity index (χ4n) is 6.06. The normalized spacial score (nSPS) is 37.1. The summed E-state index contributed by atoms with van der Waals surface area (Å²) in [5.41, 5.74) is 0.727. The van der Waals surface area contributed by atoms with Crippen LogP contribution in [-0.4, -0.2) is 34.8 Å². The summed E-state index contributed by atoms with van der Waals surface area (Å²) in [4.78, 5) is 13.4. The Morgan fingerprint density at radius 3 is 2.77 bits per heavy atom. The molecule has 2 heterocycles. The van der Waals surface area contributed by atoms with Crippen molar-refractivity contribution in [2.75, 3.05) is 24.7 Å². The zero-order valence-electron chi connectivity index (χ0n) is 15.2. The Balaban J connectivity index is 1.67. The molecule has 26 heavy (non-hydrogen) atoms. The molecule has 140 valence electrons. The molecule has 0 amide bonds. The third kappa shape index (κ3) is 2.29. The molecule has 5 heteroatoms. The van der Waals surface area contributed by atoms with Crippen LogP contribution in [0.4, 0.5) is 0 Å². The first-order valence-corrected chi connectivity index (χ1v) is 11.9. The minimum atomic E-state index is -0.500. The quantitative estimate of drug-likeness (QED) is 0.552. The van der Waals surface area contributed by atoms with Crippen LogP contribution in [0.25, 0.3) is 0 Å². The van der Waals surface area contributed by atoms with Crippen molar-refractivity contribution in [3.8, 4) is 5.75 Å². The SMILES string of the molecule is CCOCC12C(=O)Oc3ccccc3C1CC1(SCCS1)C1CCCC12. The van der Waals surface area contributed by atoms with Crippen LogP contribution in [0.15, 0.2) is 24.3 Å². The van der Waals surface area contributed by atoms with Gasteiger partial charge in [-0.3, -0.25) is 4.79 Å². The van der Waals surface area contributed by atoms with Crippen LogP contribution in [-0.2, 0) is 9.53 Å². The Bertz CT molecular complexity index is 715. The molecular weight excluding hydrogens is 364 g/mol. The number of carbonyl (C=O) groups excluding carboxylic acids is 1. The number of hydrogen-bond acceptors (Lipinski definition) is 5. The molecule has 4 atom stereocenters. The Morgan fingerprint density at radius 1 is 1.19 bits per heavy atom. The molecule has 3 nitrogen and oxygen atoms in total. The maximum absolute atomic E-state index is 13.4. The molecule has 3 fully saturated rings. The summed E-state index contributed by atoms with van der Waals surface area (Å²) in [6.45, 7) is 3.18. The highest BCUT2D eigenvalue weighted by molar-refractivity contribution is 8.21. The van der Waals surface area contributed by atoms with Gasteiger partial charge in [0.05, 0.1) is 10.7 Å². The standard InChI is InChI=1S/C21H26O3S2/c1-2-23-13-20-15-7-5-8-16(15)21(25-10-11-26-21)12-17(20)14-6-3-4-9-18(14)24-19(20)22/h3-4,6,9,15-17H,2,5,7-8,10-13H2,1H3. The Morgan fingerprint density at radius 2 is 1.96 bits per heavy atom. The van der Waals surface area contributed by atoms with Gasteiger partial charge >= 0.3 is 5.97 Å². The molecule has 4 aliphatic rings. The van der Waals surface area contributed by atoms with Crippen LogP contribution in [0, 0.1) is 17.3 Å². The Kier molecular flexibility index (Phi) is 4.33. The molecule has 0 aromatic heterocycles. The molecular formula is C21H26O3S2. The number of benzene rings is 1. The molecule has 2 saturated carbocycles. The number of ether oxygens (including phenoxy) is 2. The van der Waals surface area contributed by atoms with E-state index in [1.807, 2.05) is 19.1 Å². The molecule has 4 unspecified atom stereocenters. The summed E-state index contributed by atoms with van der Waals surface area (Å²) in [7, 11) is 0. The van der Waals surface area contributed by atoms with Gasteiger partial charge in [-0.05, 0) is 49.7 Å². The van der Waals surface area contributed by atoms with E-state index < -0.39 is 5.41 Å². The lowest BCUT2D eigenvalue weighted by atomic mass is 9.54. The molecule has 1 spiro atoms. The minimum absolute atomic E-state index is 0.0330. The van der Waals surface area contributed by atoms with E-state index in [0.717, 1.165) is 18.6 Å². The molecule has 2 aliphatic carbocycles. The van der Waals surface area contributed by atoms with Gasteiger partial charge in [0.15, 0.2) is 0 Å². The molecule has 2 aliphatic heterocycles. The van der Waals surface area contributed by atoms with Gasteiger partial charge in [0.1, 0.15) is 11.2 Å². The highest BCUT2D eigenvalue weighted by atomic mass is 32.2. The molecule has 1 aromatic carbocycles. The van der Waals surface area contributed by atoms with Gasteiger partial charge < -0.3 is 9.47 Å². The molecule has 1 aromatic rings. The van der Waals surface area contributed by atoms with Crippen molar-refractivity contribution in [1.29, 1.82) is 0 Å². The zero-order valence-corrected chi connectivity index (χ0v) is 16.9. The zero-order chi connectivity index (χ0) is 17.8. The summed E-state index contributed by atoms with van der Waals surface area (Å²) in [5, 5.41) is 0. The van der Waals surface area contributed by atoms with Crippen molar-refractivity contribution in [2.45, 2.75) is 42.6 Å². The number of carbonyl (C=O) groups is 1. The number of esters is 1. The third-order valence-electron chi connectivity index (χ3n) is 7.05. The largest absolute Gasteiger partial charge is 0.426 e. The van der Waals surface area contributed by atoms with Crippen LogP contribution < -0.4 is 4.74 Å². The lowest BCUT2D eigenvalue weighted by Crippen LogP contribution is -2.59. The maximum Gasteiger partial charge on any atom is 0.320 e. The first-order chi connectivity index (χ1) is 12.7. The van der Waals surface area contributed by atoms with E-state index in [0.29, 0.717) is 25.0 Å². The van der Waals surface area contributed by atoms with Crippen molar-refractivity contribution in [3.63, 3.8) is 0 Å². The van der Waals surface area contributed by atoms with Crippen molar-refractivity contribution < 1.29 is 14.3 Å². The van der Waals surface area contributed by atoms with Gasteiger partial charge in [0.25, 0.3) is 0 Å². The monoisotopic (exact) mass is 390 g/mol. The van der Waals surface area contributed by atoms with Crippen LogP contribution in [0.1, 0.15) is 44.1 Å². The lowest BCUT2D eigenvalue weighted by Gasteiger charge is -2.57. The van der Waals surface area contributed by atoms with E-state index in [-0.39, 0.29) is 16.0 Å². The van der Waals surface area contributed by atoms with Crippen LogP contribution >= 0.6 is 23.5 Å². The second kappa shape index (κ2) is 6.46. The third-order valence-corrected chi connectivity index (χ3v) is 10.7. The highest BCUT2D eigenvalue weighted by Crippen LogP contribution is 2.71. The van der Waals surface area contributed by atoms with Gasteiger partial charge in [0, 0.05) is 24.0 Å². The first kappa shape index (κ1) is 17.4. The maximum atomic E-state index is 13.4. The topological polar surface area (TPSA) is 35.5 Å². The highest BCUT2D eigenvalue weighted by Gasteiger charge is 2.68. The molecule has 5 rings (SSSR count). The number of rotatable bonds is 3. The summed E-state index contributed by atoms with van der Waals surface area (Å²) in [6, 6.07) is 8.20. The molecule has 0 N–H and O–H groups in total. The van der Waals surface area contributed by atoms with Crippen molar-refractivity contribution >= 4 is 29.5 Å². The van der Waals surface area contributed by atoms with Crippen molar-refractivity contribution in [2.24, 2.45) is 17.3 Å². The van der Waals surface area contributed by atoms with Gasteiger partial charge in [-0.1, -0.05) is 24.6 Å². The van der Waals surface area contributed by atoms with Crippen molar-refractivity contribution in [1.82, 2.24) is 0 Å². The van der Waals surface area contributed by atoms with E-state index in [9.17, 15) is 4.79 Å². The predicted octanol–water partition coefficient (Wildman–Crippen LogP) is 4.71. The van der Waals surface area contributed by atoms with Gasteiger partial charge in [-0.25, -0.2) is 0 Å². The molecule has 0 radical (unpaired) electrons. The lowest BCUT2D eigenvalue weighted by molar-refractivity contribution is -0.166. The summed E-state index contributed by atoms with van der Waals surface area (Å²) >= 11 is 4.33. The predicted molar refractivity (Wildman–Crippen MR) is 107 cm³/mol. The fourth-order valence-corrected chi connectivity index (χ4v) is 9.81. The van der Waals surface area contributed by atoms with E-state index in [1.54, 1.807) is 0 Å². The van der Waals surface area contributed by atoms with E-state index in [2.05, 4.69) is 35.7 Å². The summed E-state index contributed by atoms with van der Waals surface area (Å²) in [5.74, 6) is 4.42. The van der Waals surface area contributed by atoms with Crippen LogP contribution in [0.2, 0.25) is 0 Å². The fraction of sp³-hybridized carbons (Fsp3) is 0.667. The first-order valence-electron chi connectivity index (χ1n) is 9.88. The van der Waals surface area contributed by atoms with E-state index >= 15 is 0 Å². The number of para-hydroxylation sites is 1. The molecule has 1 saturated heterocycles. The second-order valence-electron chi connectivity index (χ2n) is 8.01. The second-order valence-corrected chi connectivity index (χ2v) is 11.1. The Hall–Kier alpha value is -0.650. The van der Waals surface area contributed by atoms with Crippen LogP contribution in [0.3, 0.4) is 0 Å². The van der Waals surface area contributed by atoms with Gasteiger partial charge in [-0.2, -0.15) is 0 Å². The summed E-state index contributed by atoms with van der Waals surface area (Å²) < 4.78 is 12.2. The average molecular weight is 391 g/mol. The average Bonchev–Trinajstić information content (AvgIpc) is 3.32. The molecule has 0 bridgehead atoms. The van der Waals surface area contributed by atoms with E-state index in [1.165, 1.54) is 29.9 Å². The van der Waals surface area contributed by atoms with Crippen molar-refractivity contribution in [3.05, 3.63) is 29.8 Å². The Labute approximate surface area is 164 Å². The summed E-state index contributed by atoms with van der Waals surface area (Å²) in [6.07, 6.45) is 4.69.